The molecule has 2 rings (SSSR count). The number of nitrogens with zero attached hydrogens (tertiary/aromatic N) is 4. The third-order valence-electron chi connectivity index (χ3n) is 2.52. The molecule has 1 aromatic carbocycles. The molecule has 0 aliphatic carbocycles. The Hall–Kier alpha value is -2.35. The van der Waals surface area contributed by atoms with Gasteiger partial charge in [-0.1, -0.05) is 12.1 Å². The highest BCUT2D eigenvalue weighted by Crippen LogP contribution is 2.11. The standard InChI is InChI=1S/C11H11N5O3S/c1-19-9-4-2-8(3-5-9)6-15-20(17,18)11-10(16-12)13-7-14-11/h2-5,7,15H,6H2,1H3. The molecule has 0 amide bonds. The first-order valence-corrected chi connectivity index (χ1v) is 7.00. The number of methoxy groups -OCH3 is 1. The van der Waals surface area contributed by atoms with Crippen LogP contribution >= 0.6 is 0 Å². The van der Waals surface area contributed by atoms with Gasteiger partial charge >= 0.3 is 5.84 Å². The molecule has 8 nitrogen and oxygen atoms in total. The Morgan fingerprint density at radius 3 is 2.65 bits per heavy atom. The Labute approximate surface area is 115 Å². The lowest BCUT2D eigenvalue weighted by Gasteiger charge is -2.05. The van der Waals surface area contributed by atoms with Gasteiger partial charge in [-0.05, 0) is 22.7 Å². The summed E-state index contributed by atoms with van der Waals surface area (Å²) in [4.78, 5) is 9.84. The molecule has 20 heavy (non-hydrogen) atoms. The molecular formula is C11H11N5O3S. The number of ether oxygens (including phenoxy) is 1. The lowest BCUT2D eigenvalue weighted by Crippen LogP contribution is -2.33. The van der Waals surface area contributed by atoms with Crippen molar-refractivity contribution >= 4 is 27.2 Å². The highest BCUT2D eigenvalue weighted by molar-refractivity contribution is 8.06. The van der Waals surface area contributed by atoms with Gasteiger partial charge in [0.2, 0.25) is 6.34 Å². The first kappa shape index (κ1) is 14.1. The highest BCUT2D eigenvalue weighted by Gasteiger charge is 2.34. The van der Waals surface area contributed by atoms with Crippen molar-refractivity contribution in [3.05, 3.63) is 35.4 Å². The van der Waals surface area contributed by atoms with Crippen molar-refractivity contribution < 1.29 is 17.9 Å². The van der Waals surface area contributed by atoms with Crippen LogP contribution in [0, 0.1) is 0 Å². The van der Waals surface area contributed by atoms with Crippen LogP contribution in [0.4, 0.5) is 0 Å². The second-order valence-electron chi connectivity index (χ2n) is 3.78. The molecule has 0 spiro atoms. The maximum Gasteiger partial charge on any atom is 0.442 e. The van der Waals surface area contributed by atoms with E-state index in [1.807, 2.05) is 0 Å². The molecule has 0 radical (unpaired) electrons. The van der Waals surface area contributed by atoms with Crippen molar-refractivity contribution in [2.45, 2.75) is 6.54 Å². The minimum absolute atomic E-state index is 0.0735. The molecule has 9 heteroatoms. The van der Waals surface area contributed by atoms with E-state index in [1.165, 1.54) is 0 Å². The van der Waals surface area contributed by atoms with Crippen LogP contribution in [0.15, 0.2) is 34.3 Å². The molecule has 0 aromatic heterocycles. The summed E-state index contributed by atoms with van der Waals surface area (Å²) in [5.41, 5.74) is 9.38. The van der Waals surface area contributed by atoms with Gasteiger partial charge in [0.25, 0.3) is 15.1 Å². The minimum Gasteiger partial charge on any atom is -0.497 e. The van der Waals surface area contributed by atoms with E-state index in [0.29, 0.717) is 5.75 Å². The maximum absolute atomic E-state index is 12.0. The number of rotatable bonds is 4. The van der Waals surface area contributed by atoms with Crippen LogP contribution in [0.2, 0.25) is 0 Å². The van der Waals surface area contributed by atoms with Crippen LogP contribution in [-0.2, 0) is 16.6 Å². The normalized spacial score (nSPS) is 14.1. The largest absolute Gasteiger partial charge is 0.497 e. The van der Waals surface area contributed by atoms with Crippen molar-refractivity contribution in [3.8, 4) is 5.75 Å². The molecule has 1 aliphatic heterocycles. The molecule has 1 N–H and O–H groups in total. The van der Waals surface area contributed by atoms with Crippen LogP contribution in [0.25, 0.3) is 5.53 Å². The molecular weight excluding hydrogens is 282 g/mol. The van der Waals surface area contributed by atoms with Crippen molar-refractivity contribution in [2.24, 2.45) is 9.98 Å². The molecule has 104 valence electrons. The van der Waals surface area contributed by atoms with E-state index in [4.69, 9.17) is 10.3 Å². The zero-order valence-corrected chi connectivity index (χ0v) is 11.3. The lowest BCUT2D eigenvalue weighted by atomic mass is 10.2. The van der Waals surface area contributed by atoms with Crippen LogP contribution in [0.1, 0.15) is 5.56 Å². The quantitative estimate of drug-likeness (QED) is 0.630. The Bertz CT molecular complexity index is 715. The fourth-order valence-corrected chi connectivity index (χ4v) is 2.51. The van der Waals surface area contributed by atoms with Gasteiger partial charge in [-0.15, -0.1) is 0 Å². The first-order valence-electron chi connectivity index (χ1n) is 5.52. The van der Waals surface area contributed by atoms with Gasteiger partial charge in [-0.2, -0.15) is 4.99 Å². The van der Waals surface area contributed by atoms with E-state index >= 15 is 0 Å². The Morgan fingerprint density at radius 1 is 1.35 bits per heavy atom. The van der Waals surface area contributed by atoms with Crippen molar-refractivity contribution in [1.29, 1.82) is 0 Å². The molecule has 0 unspecified atom stereocenters. The van der Waals surface area contributed by atoms with Gasteiger partial charge in [-0.3, -0.25) is 0 Å². The van der Waals surface area contributed by atoms with Crippen molar-refractivity contribution in [2.75, 3.05) is 7.11 Å². The molecule has 0 fully saturated rings. The Balaban J connectivity index is 2.08. The van der Waals surface area contributed by atoms with Gasteiger partial charge < -0.3 is 15.1 Å². The van der Waals surface area contributed by atoms with E-state index in [9.17, 15) is 8.42 Å². The summed E-state index contributed by atoms with van der Waals surface area (Å²) in [6.45, 7) is 0.0735. The van der Waals surface area contributed by atoms with E-state index < -0.39 is 15.1 Å². The number of hydrogen-bond acceptors (Lipinski definition) is 4. The zero-order valence-electron chi connectivity index (χ0n) is 10.5. The molecule has 0 atom stereocenters. The predicted octanol–water partition coefficient (Wildman–Crippen LogP) is 0.183. The van der Waals surface area contributed by atoms with Gasteiger partial charge in [-0.25, -0.2) is 13.1 Å². The van der Waals surface area contributed by atoms with E-state index in [0.717, 1.165) is 11.9 Å². The van der Waals surface area contributed by atoms with Crippen LogP contribution in [-0.4, -0.2) is 37.5 Å². The summed E-state index contributed by atoms with van der Waals surface area (Å²) >= 11 is 0. The summed E-state index contributed by atoms with van der Waals surface area (Å²) in [5.74, 6) is 0.340. The van der Waals surface area contributed by atoms with E-state index in [1.54, 1.807) is 31.4 Å². The second-order valence-corrected chi connectivity index (χ2v) is 5.46. The van der Waals surface area contributed by atoms with Crippen LogP contribution in [0.3, 0.4) is 0 Å². The van der Waals surface area contributed by atoms with Gasteiger partial charge in [0.1, 0.15) is 5.75 Å². The average Bonchev–Trinajstić information content (AvgIpc) is 2.95. The van der Waals surface area contributed by atoms with Crippen molar-refractivity contribution in [3.63, 3.8) is 0 Å². The van der Waals surface area contributed by atoms with Crippen LogP contribution in [0.5, 0.6) is 5.75 Å². The summed E-state index contributed by atoms with van der Waals surface area (Å²) in [6.07, 6.45) is 1.01. The Morgan fingerprint density at radius 2 is 2.05 bits per heavy atom. The number of hydrogen-bond donors (Lipinski definition) is 1. The third-order valence-corrected chi connectivity index (χ3v) is 3.84. The monoisotopic (exact) mass is 293 g/mol. The zero-order chi connectivity index (χ0) is 14.6. The first-order chi connectivity index (χ1) is 9.56. The predicted molar refractivity (Wildman–Crippen MR) is 73.3 cm³/mol. The van der Waals surface area contributed by atoms with Crippen molar-refractivity contribution in [1.82, 2.24) is 4.72 Å². The third kappa shape index (κ3) is 2.97. The second kappa shape index (κ2) is 5.74. The summed E-state index contributed by atoms with van der Waals surface area (Å²) < 4.78 is 31.3. The average molecular weight is 293 g/mol. The van der Waals surface area contributed by atoms with Gasteiger partial charge in [0, 0.05) is 6.54 Å². The molecule has 0 bridgehead atoms. The molecule has 0 saturated heterocycles. The highest BCUT2D eigenvalue weighted by atomic mass is 32.2. The number of nitrogens with one attached hydrogen (secondary N) is 1. The van der Waals surface area contributed by atoms with Crippen LogP contribution < -0.4 is 9.46 Å². The minimum atomic E-state index is -3.88. The fourth-order valence-electron chi connectivity index (χ4n) is 1.50. The lowest BCUT2D eigenvalue weighted by molar-refractivity contribution is -0.00254. The Kier molecular flexibility index (Phi) is 4.04. The molecule has 1 aliphatic rings. The smallest absolute Gasteiger partial charge is 0.442 e. The summed E-state index contributed by atoms with van der Waals surface area (Å²) in [7, 11) is -2.33. The van der Waals surface area contributed by atoms with E-state index in [2.05, 4.69) is 19.5 Å². The fraction of sp³-hybridized carbons (Fsp3) is 0.182. The number of amidine groups is 1. The molecule has 1 heterocycles. The number of benzene rings is 1. The SMILES string of the molecule is COc1ccc(CNS(=O)(=O)C2=NC=NC2=[N+]=[N-])cc1. The van der Waals surface area contributed by atoms with Gasteiger partial charge in [0.05, 0.1) is 7.11 Å². The number of sulfonamides is 1. The van der Waals surface area contributed by atoms with E-state index in [-0.39, 0.29) is 12.4 Å². The summed E-state index contributed by atoms with van der Waals surface area (Å²) in [6, 6.07) is 6.91. The topological polar surface area (TPSA) is 117 Å². The van der Waals surface area contributed by atoms with Gasteiger partial charge in [0.15, 0.2) is 0 Å². The maximum atomic E-state index is 12.0. The molecule has 1 aromatic rings. The molecule has 0 saturated carbocycles. The number of aliphatic imine (C=N–C) groups is 2. The summed E-state index contributed by atoms with van der Waals surface area (Å²) in [5, 5.41) is -0.409.